The molecule has 1 fully saturated rings. The van der Waals surface area contributed by atoms with Gasteiger partial charge in [0.15, 0.2) is 0 Å². The largest absolute Gasteiger partial charge is 0.393 e. The minimum Gasteiger partial charge on any atom is -0.393 e. The maximum absolute atomic E-state index is 9.30. The monoisotopic (exact) mass is 273 g/mol. The Balaban J connectivity index is 2.35. The highest BCUT2D eigenvalue weighted by atomic mass is 32.1. The van der Waals surface area contributed by atoms with E-state index < -0.39 is 0 Å². The van der Waals surface area contributed by atoms with E-state index in [4.69, 9.17) is 18.0 Å². The molecule has 0 aromatic carbocycles. The summed E-state index contributed by atoms with van der Waals surface area (Å²) in [7, 11) is 0. The molecule has 18 heavy (non-hydrogen) atoms. The predicted molar refractivity (Wildman–Crippen MR) is 79.8 cm³/mol. The van der Waals surface area contributed by atoms with Crippen molar-refractivity contribution in [3.63, 3.8) is 0 Å². The third kappa shape index (κ3) is 5.18. The van der Waals surface area contributed by atoms with E-state index in [2.05, 4.69) is 16.7 Å². The van der Waals surface area contributed by atoms with Gasteiger partial charge in [0.25, 0.3) is 0 Å². The van der Waals surface area contributed by atoms with Gasteiger partial charge < -0.3 is 15.7 Å². The van der Waals surface area contributed by atoms with Crippen LogP contribution in [0.3, 0.4) is 0 Å². The van der Waals surface area contributed by atoms with Crippen LogP contribution >= 0.6 is 12.2 Å². The molecule has 2 unspecified atom stereocenters. The first-order valence-electron chi connectivity index (χ1n) is 6.98. The zero-order valence-corrected chi connectivity index (χ0v) is 12.5. The molecule has 0 aromatic heterocycles. The van der Waals surface area contributed by atoms with E-state index >= 15 is 0 Å². The lowest BCUT2D eigenvalue weighted by atomic mass is 10.1. The first-order valence-corrected chi connectivity index (χ1v) is 7.39. The fraction of sp³-hybridized carbons (Fsp3) is 0.923. The zero-order chi connectivity index (χ0) is 13.5. The molecule has 3 N–H and O–H groups in total. The lowest BCUT2D eigenvalue weighted by molar-refractivity contribution is 0.0966. The molecule has 1 heterocycles. The van der Waals surface area contributed by atoms with Crippen molar-refractivity contribution in [3.05, 3.63) is 0 Å². The van der Waals surface area contributed by atoms with E-state index in [0.29, 0.717) is 4.99 Å². The van der Waals surface area contributed by atoms with Crippen LogP contribution in [0.2, 0.25) is 0 Å². The quantitative estimate of drug-likeness (QED) is 0.673. The third-order valence-corrected chi connectivity index (χ3v) is 3.87. The van der Waals surface area contributed by atoms with Crippen LogP contribution in [0.4, 0.5) is 0 Å². The summed E-state index contributed by atoms with van der Waals surface area (Å²) in [6.45, 7) is 9.16. The summed E-state index contributed by atoms with van der Waals surface area (Å²) in [5.74, 6) is 0. The summed E-state index contributed by atoms with van der Waals surface area (Å²) in [6, 6.07) is 0.268. The third-order valence-electron chi connectivity index (χ3n) is 3.60. The highest BCUT2D eigenvalue weighted by Gasteiger charge is 2.24. The summed E-state index contributed by atoms with van der Waals surface area (Å²) >= 11 is 5.17. The zero-order valence-electron chi connectivity index (χ0n) is 11.6. The van der Waals surface area contributed by atoms with Crippen LogP contribution in [0.1, 0.15) is 33.1 Å². The van der Waals surface area contributed by atoms with Crippen molar-refractivity contribution in [1.29, 1.82) is 0 Å². The van der Waals surface area contributed by atoms with Crippen LogP contribution in [0.5, 0.6) is 0 Å². The number of thiocarbonyl (C=S) groups is 1. The molecule has 0 spiro atoms. The molecule has 0 radical (unpaired) electrons. The van der Waals surface area contributed by atoms with E-state index in [-0.39, 0.29) is 12.1 Å². The Morgan fingerprint density at radius 2 is 1.89 bits per heavy atom. The topological polar surface area (TPSA) is 52.7 Å². The predicted octanol–water partition coefficient (Wildman–Crippen LogP) is 0.830. The second kappa shape index (κ2) is 8.04. The fourth-order valence-corrected chi connectivity index (χ4v) is 2.71. The van der Waals surface area contributed by atoms with Crippen LogP contribution in [-0.2, 0) is 0 Å². The Kier molecular flexibility index (Phi) is 7.07. The molecule has 1 rings (SSSR count). The van der Waals surface area contributed by atoms with E-state index in [1.807, 2.05) is 6.92 Å². The maximum atomic E-state index is 9.30. The van der Waals surface area contributed by atoms with E-state index in [1.165, 1.54) is 0 Å². The van der Waals surface area contributed by atoms with Crippen molar-refractivity contribution >= 4 is 17.2 Å². The first-order chi connectivity index (χ1) is 8.54. The summed E-state index contributed by atoms with van der Waals surface area (Å²) in [5.41, 5.74) is 5.83. The number of hydrogen-bond donors (Lipinski definition) is 2. The van der Waals surface area contributed by atoms with Crippen molar-refractivity contribution in [1.82, 2.24) is 9.80 Å². The molecule has 0 saturated carbocycles. The molecular formula is C13H27N3OS. The second-order valence-corrected chi connectivity index (χ2v) is 5.69. The van der Waals surface area contributed by atoms with E-state index in [9.17, 15) is 5.11 Å². The SMILES string of the molecule is CCCC(C(N)=S)N1CCN(CCC(C)O)CC1. The van der Waals surface area contributed by atoms with E-state index in [0.717, 1.165) is 52.0 Å². The summed E-state index contributed by atoms with van der Waals surface area (Å²) in [4.78, 5) is 5.45. The minimum atomic E-state index is -0.201. The van der Waals surface area contributed by atoms with Crippen LogP contribution in [0.15, 0.2) is 0 Å². The smallest absolute Gasteiger partial charge is 0.0902 e. The van der Waals surface area contributed by atoms with Gasteiger partial charge in [-0.3, -0.25) is 4.90 Å². The second-order valence-electron chi connectivity index (χ2n) is 5.22. The van der Waals surface area contributed by atoms with Gasteiger partial charge >= 0.3 is 0 Å². The molecule has 5 heteroatoms. The van der Waals surface area contributed by atoms with Crippen LogP contribution in [0.25, 0.3) is 0 Å². The number of piperazine rings is 1. The molecule has 4 nitrogen and oxygen atoms in total. The molecule has 0 amide bonds. The highest BCUT2D eigenvalue weighted by molar-refractivity contribution is 7.80. The Morgan fingerprint density at radius 1 is 1.28 bits per heavy atom. The van der Waals surface area contributed by atoms with Crippen molar-refractivity contribution in [2.24, 2.45) is 5.73 Å². The van der Waals surface area contributed by atoms with Gasteiger partial charge in [-0.05, 0) is 19.8 Å². The first kappa shape index (κ1) is 15.8. The number of nitrogens with two attached hydrogens (primary N) is 1. The number of rotatable bonds is 7. The normalized spacial score (nSPS) is 21.7. The van der Waals surface area contributed by atoms with Crippen LogP contribution in [-0.4, -0.2) is 64.8 Å². The average Bonchev–Trinajstić information content (AvgIpc) is 2.34. The number of aliphatic hydroxyl groups excluding tert-OH is 1. The number of aliphatic hydroxyl groups is 1. The van der Waals surface area contributed by atoms with Gasteiger partial charge in [-0.2, -0.15) is 0 Å². The fourth-order valence-electron chi connectivity index (χ4n) is 2.45. The van der Waals surface area contributed by atoms with Crippen molar-refractivity contribution < 1.29 is 5.11 Å². The number of nitrogens with zero attached hydrogens (tertiary/aromatic N) is 2. The summed E-state index contributed by atoms with van der Waals surface area (Å²) in [6.07, 6.45) is 2.83. The molecule has 0 aromatic rings. The van der Waals surface area contributed by atoms with Crippen molar-refractivity contribution in [2.75, 3.05) is 32.7 Å². The Hall–Kier alpha value is -0.230. The standard InChI is InChI=1S/C13H27N3OS/c1-3-4-12(13(14)18)16-9-7-15(8-10-16)6-5-11(2)17/h11-12,17H,3-10H2,1-2H3,(H2,14,18). The van der Waals surface area contributed by atoms with Gasteiger partial charge in [0, 0.05) is 32.7 Å². The highest BCUT2D eigenvalue weighted by Crippen LogP contribution is 2.12. The molecule has 1 saturated heterocycles. The molecule has 1 aliphatic heterocycles. The van der Waals surface area contributed by atoms with Crippen LogP contribution < -0.4 is 5.73 Å². The van der Waals surface area contributed by atoms with E-state index in [1.54, 1.807) is 0 Å². The Labute approximate surface area is 116 Å². The lowest BCUT2D eigenvalue weighted by Gasteiger charge is -2.39. The van der Waals surface area contributed by atoms with Gasteiger partial charge in [-0.15, -0.1) is 0 Å². The Bertz CT molecular complexity index is 253. The number of hydrogen-bond acceptors (Lipinski definition) is 4. The molecule has 0 aliphatic carbocycles. The average molecular weight is 273 g/mol. The molecule has 2 atom stereocenters. The lowest BCUT2D eigenvalue weighted by Crippen LogP contribution is -2.53. The van der Waals surface area contributed by atoms with Gasteiger partial charge in [-0.1, -0.05) is 25.6 Å². The maximum Gasteiger partial charge on any atom is 0.0902 e. The molecule has 0 bridgehead atoms. The van der Waals surface area contributed by atoms with Crippen LogP contribution in [0, 0.1) is 0 Å². The van der Waals surface area contributed by atoms with Gasteiger partial charge in [0.05, 0.1) is 17.1 Å². The van der Waals surface area contributed by atoms with Gasteiger partial charge in [-0.25, -0.2) is 0 Å². The van der Waals surface area contributed by atoms with Gasteiger partial charge in [0.2, 0.25) is 0 Å². The summed E-state index contributed by atoms with van der Waals surface area (Å²) < 4.78 is 0. The molecular weight excluding hydrogens is 246 g/mol. The summed E-state index contributed by atoms with van der Waals surface area (Å²) in [5, 5.41) is 9.30. The molecule has 1 aliphatic rings. The van der Waals surface area contributed by atoms with Crippen molar-refractivity contribution in [3.8, 4) is 0 Å². The molecule has 106 valence electrons. The van der Waals surface area contributed by atoms with Gasteiger partial charge in [0.1, 0.15) is 0 Å². The Morgan fingerprint density at radius 3 is 2.33 bits per heavy atom. The van der Waals surface area contributed by atoms with Crippen molar-refractivity contribution in [2.45, 2.75) is 45.3 Å². The minimum absolute atomic E-state index is 0.201.